The highest BCUT2D eigenvalue weighted by Gasteiger charge is 2.08. The number of thiophene rings is 1. The highest BCUT2D eigenvalue weighted by atomic mass is 32.1. The molecule has 0 spiro atoms. The molecule has 0 fully saturated rings. The maximum absolute atomic E-state index is 11.9. The van der Waals surface area contributed by atoms with Crippen LogP contribution in [0.2, 0.25) is 0 Å². The predicted molar refractivity (Wildman–Crippen MR) is 84.2 cm³/mol. The van der Waals surface area contributed by atoms with Crippen molar-refractivity contribution in [2.45, 2.75) is 6.54 Å². The van der Waals surface area contributed by atoms with E-state index in [1.807, 2.05) is 29.5 Å². The summed E-state index contributed by atoms with van der Waals surface area (Å²) < 4.78 is 0. The number of carbonyl (C=O) groups excluding carboxylic acids is 2. The Labute approximate surface area is 127 Å². The van der Waals surface area contributed by atoms with Gasteiger partial charge in [0.15, 0.2) is 0 Å². The molecule has 0 aliphatic heterocycles. The van der Waals surface area contributed by atoms with Crippen LogP contribution in [0.1, 0.15) is 15.2 Å². The van der Waals surface area contributed by atoms with E-state index in [0.29, 0.717) is 17.8 Å². The van der Waals surface area contributed by atoms with Crippen LogP contribution in [-0.2, 0) is 11.3 Å². The van der Waals surface area contributed by atoms with Crippen molar-refractivity contribution < 1.29 is 9.59 Å². The van der Waals surface area contributed by atoms with Gasteiger partial charge in [0.1, 0.15) is 0 Å². The summed E-state index contributed by atoms with van der Waals surface area (Å²) in [6.45, 7) is 1.04. The number of nitrogens with two attached hydrogens (primary N) is 1. The fourth-order valence-electron chi connectivity index (χ4n) is 1.89. The highest BCUT2D eigenvalue weighted by Crippen LogP contribution is 2.12. The number of hydrogen-bond acceptors (Lipinski definition) is 4. The number of nitrogens with one attached hydrogen (secondary N) is 1. The standard InChI is InChI=1S/C15H17N3O2S/c1-18(9-13-3-2-8-21-13)10-14(19)17-12-6-4-11(5-7-12)15(16)20/h2-8H,9-10H2,1H3,(H2,16,20)(H,17,19). The first-order valence-corrected chi connectivity index (χ1v) is 7.33. The second-order valence-electron chi connectivity index (χ2n) is 4.74. The number of nitrogens with zero attached hydrogens (tertiary/aromatic N) is 1. The number of likely N-dealkylation sites (N-methyl/N-ethyl adjacent to an activating group) is 1. The second kappa shape index (κ2) is 7.01. The number of amides is 2. The number of anilines is 1. The Balaban J connectivity index is 1.84. The Hall–Kier alpha value is -2.18. The van der Waals surface area contributed by atoms with Gasteiger partial charge >= 0.3 is 0 Å². The minimum absolute atomic E-state index is 0.0964. The second-order valence-corrected chi connectivity index (χ2v) is 5.77. The molecule has 2 amide bonds. The first kappa shape index (κ1) is 15.2. The van der Waals surface area contributed by atoms with Crippen molar-refractivity contribution >= 4 is 28.8 Å². The summed E-state index contributed by atoms with van der Waals surface area (Å²) in [5.74, 6) is -0.579. The van der Waals surface area contributed by atoms with Crippen LogP contribution in [0.5, 0.6) is 0 Å². The summed E-state index contributed by atoms with van der Waals surface area (Å²) >= 11 is 1.67. The minimum Gasteiger partial charge on any atom is -0.366 e. The number of primary amides is 1. The maximum Gasteiger partial charge on any atom is 0.248 e. The average molecular weight is 303 g/mol. The van der Waals surface area contributed by atoms with Gasteiger partial charge in [-0.15, -0.1) is 11.3 Å². The van der Waals surface area contributed by atoms with Crippen LogP contribution in [0.4, 0.5) is 5.69 Å². The third-order valence-electron chi connectivity index (χ3n) is 2.87. The van der Waals surface area contributed by atoms with Crippen molar-refractivity contribution in [2.24, 2.45) is 5.73 Å². The third-order valence-corrected chi connectivity index (χ3v) is 3.73. The molecule has 110 valence electrons. The smallest absolute Gasteiger partial charge is 0.248 e. The van der Waals surface area contributed by atoms with Crippen LogP contribution in [0, 0.1) is 0 Å². The van der Waals surface area contributed by atoms with E-state index in [-0.39, 0.29) is 5.91 Å². The molecule has 21 heavy (non-hydrogen) atoms. The van der Waals surface area contributed by atoms with E-state index in [9.17, 15) is 9.59 Å². The quantitative estimate of drug-likeness (QED) is 0.856. The van der Waals surface area contributed by atoms with Crippen molar-refractivity contribution in [1.29, 1.82) is 0 Å². The number of hydrogen-bond donors (Lipinski definition) is 2. The van der Waals surface area contributed by atoms with Gasteiger partial charge in [0.2, 0.25) is 11.8 Å². The molecule has 0 unspecified atom stereocenters. The van der Waals surface area contributed by atoms with Gasteiger partial charge < -0.3 is 11.1 Å². The first-order chi connectivity index (χ1) is 10.0. The molecule has 1 heterocycles. The van der Waals surface area contributed by atoms with E-state index < -0.39 is 5.91 Å². The summed E-state index contributed by atoms with van der Waals surface area (Å²) in [7, 11) is 1.90. The molecule has 0 radical (unpaired) electrons. The molecule has 0 aliphatic carbocycles. The lowest BCUT2D eigenvalue weighted by Crippen LogP contribution is -2.29. The summed E-state index contributed by atoms with van der Waals surface area (Å²) in [4.78, 5) is 26.1. The number of benzene rings is 1. The van der Waals surface area contributed by atoms with Gasteiger partial charge in [-0.05, 0) is 42.8 Å². The molecular formula is C15H17N3O2S. The molecule has 0 bridgehead atoms. The van der Waals surface area contributed by atoms with Crippen molar-refractivity contribution in [1.82, 2.24) is 4.90 Å². The van der Waals surface area contributed by atoms with E-state index in [4.69, 9.17) is 5.73 Å². The Morgan fingerprint density at radius 2 is 1.95 bits per heavy atom. The third kappa shape index (κ3) is 4.70. The Kier molecular flexibility index (Phi) is 5.08. The summed E-state index contributed by atoms with van der Waals surface area (Å²) in [5, 5.41) is 4.81. The van der Waals surface area contributed by atoms with Gasteiger partial charge in [0.05, 0.1) is 6.54 Å². The summed E-state index contributed by atoms with van der Waals surface area (Å²) in [5.41, 5.74) is 6.23. The van der Waals surface area contributed by atoms with Gasteiger partial charge in [-0.3, -0.25) is 14.5 Å². The van der Waals surface area contributed by atoms with Crippen molar-refractivity contribution in [3.63, 3.8) is 0 Å². The zero-order chi connectivity index (χ0) is 15.2. The zero-order valence-electron chi connectivity index (χ0n) is 11.7. The van der Waals surface area contributed by atoms with Crippen LogP contribution in [0.15, 0.2) is 41.8 Å². The van der Waals surface area contributed by atoms with Crippen LogP contribution in [0.3, 0.4) is 0 Å². The van der Waals surface area contributed by atoms with Crippen LogP contribution >= 0.6 is 11.3 Å². The van der Waals surface area contributed by atoms with E-state index in [1.54, 1.807) is 35.6 Å². The molecule has 5 nitrogen and oxygen atoms in total. The van der Waals surface area contributed by atoms with E-state index in [2.05, 4.69) is 5.32 Å². The Bertz CT molecular complexity index is 608. The molecule has 6 heteroatoms. The average Bonchev–Trinajstić information content (AvgIpc) is 2.91. The summed E-state index contributed by atoms with van der Waals surface area (Å²) in [6.07, 6.45) is 0. The molecule has 2 rings (SSSR count). The zero-order valence-corrected chi connectivity index (χ0v) is 12.5. The van der Waals surface area contributed by atoms with E-state index in [1.165, 1.54) is 4.88 Å². The molecule has 1 aromatic heterocycles. The van der Waals surface area contributed by atoms with Gasteiger partial charge in [-0.1, -0.05) is 6.07 Å². The van der Waals surface area contributed by atoms with Crippen molar-refractivity contribution in [3.8, 4) is 0 Å². The lowest BCUT2D eigenvalue weighted by molar-refractivity contribution is -0.117. The maximum atomic E-state index is 11.9. The topological polar surface area (TPSA) is 75.4 Å². The van der Waals surface area contributed by atoms with Gasteiger partial charge in [-0.2, -0.15) is 0 Å². The lowest BCUT2D eigenvalue weighted by atomic mass is 10.2. The number of carbonyl (C=O) groups is 2. The Morgan fingerprint density at radius 3 is 2.52 bits per heavy atom. The highest BCUT2D eigenvalue weighted by molar-refractivity contribution is 7.09. The van der Waals surface area contributed by atoms with Crippen LogP contribution in [0.25, 0.3) is 0 Å². The monoisotopic (exact) mass is 303 g/mol. The molecule has 0 atom stereocenters. The van der Waals surface area contributed by atoms with Gasteiger partial charge in [-0.25, -0.2) is 0 Å². The van der Waals surface area contributed by atoms with Crippen molar-refractivity contribution in [2.75, 3.05) is 18.9 Å². The lowest BCUT2D eigenvalue weighted by Gasteiger charge is -2.15. The summed E-state index contributed by atoms with van der Waals surface area (Å²) in [6, 6.07) is 10.5. The largest absolute Gasteiger partial charge is 0.366 e. The Morgan fingerprint density at radius 1 is 1.24 bits per heavy atom. The van der Waals surface area contributed by atoms with Crippen LogP contribution in [-0.4, -0.2) is 30.3 Å². The molecule has 2 aromatic rings. The predicted octanol–water partition coefficient (Wildman–Crippen LogP) is 1.92. The minimum atomic E-state index is -0.483. The molecule has 1 aromatic carbocycles. The van der Waals surface area contributed by atoms with Gasteiger partial charge in [0.25, 0.3) is 0 Å². The van der Waals surface area contributed by atoms with Gasteiger partial charge in [0, 0.05) is 22.7 Å². The molecule has 3 N–H and O–H groups in total. The first-order valence-electron chi connectivity index (χ1n) is 6.45. The molecule has 0 saturated carbocycles. The molecular weight excluding hydrogens is 286 g/mol. The van der Waals surface area contributed by atoms with Crippen molar-refractivity contribution in [3.05, 3.63) is 52.2 Å². The normalized spacial score (nSPS) is 10.6. The fourth-order valence-corrected chi connectivity index (χ4v) is 2.67. The van der Waals surface area contributed by atoms with E-state index >= 15 is 0 Å². The molecule has 0 saturated heterocycles. The van der Waals surface area contributed by atoms with Crippen LogP contribution < -0.4 is 11.1 Å². The SMILES string of the molecule is CN(CC(=O)Nc1ccc(C(N)=O)cc1)Cc1cccs1. The molecule has 0 aliphatic rings. The number of rotatable bonds is 6. The fraction of sp³-hybridized carbons (Fsp3) is 0.200. The van der Waals surface area contributed by atoms with E-state index in [0.717, 1.165) is 6.54 Å².